The molecule has 0 spiro atoms. The summed E-state index contributed by atoms with van der Waals surface area (Å²) >= 11 is 7.37. The molecule has 0 aromatic heterocycles. The van der Waals surface area contributed by atoms with Gasteiger partial charge in [0.1, 0.15) is 11.4 Å². The molecule has 44 heavy (non-hydrogen) atoms. The molecule has 0 saturated carbocycles. The summed E-state index contributed by atoms with van der Waals surface area (Å²) in [7, 11) is 1.52. The van der Waals surface area contributed by atoms with Gasteiger partial charge in [-0.2, -0.15) is 0 Å². The second kappa shape index (κ2) is 14.4. The highest BCUT2D eigenvalue weighted by Gasteiger charge is 2.16. The van der Waals surface area contributed by atoms with Crippen LogP contribution in [0.25, 0.3) is 16.8 Å². The summed E-state index contributed by atoms with van der Waals surface area (Å²) in [5.41, 5.74) is 2.29. The van der Waals surface area contributed by atoms with E-state index in [4.69, 9.17) is 16.3 Å². The first-order valence-corrected chi connectivity index (χ1v) is 15.0. The van der Waals surface area contributed by atoms with Gasteiger partial charge in [-0.3, -0.25) is 14.4 Å². The maximum absolute atomic E-state index is 13.6. The molecular formula is C35H28ClN3O4S. The lowest BCUT2D eigenvalue weighted by molar-refractivity contribution is -0.114. The molecule has 9 heteroatoms. The Kier molecular flexibility index (Phi) is 9.96. The third-order valence-electron chi connectivity index (χ3n) is 6.55. The van der Waals surface area contributed by atoms with Crippen LogP contribution in [0.5, 0.6) is 5.75 Å². The number of methoxy groups -OCH3 is 1. The normalized spacial score (nSPS) is 11.1. The fraction of sp³-hybridized carbons (Fsp3) is 0.0571. The summed E-state index contributed by atoms with van der Waals surface area (Å²) in [6.07, 6.45) is 1.67. The maximum Gasteiger partial charge on any atom is 0.272 e. The second-order valence-corrected chi connectivity index (χ2v) is 11.1. The molecule has 0 aliphatic carbocycles. The monoisotopic (exact) mass is 621 g/mol. The smallest absolute Gasteiger partial charge is 0.272 e. The van der Waals surface area contributed by atoms with Crippen LogP contribution in [0.3, 0.4) is 0 Å². The van der Waals surface area contributed by atoms with E-state index in [0.29, 0.717) is 27.7 Å². The molecule has 5 rings (SSSR count). The SMILES string of the molecule is COc1ccc(Cl)cc1NC(=O)CSc1cccc(NC(=O)/C(=C\c2cccc3ccccc23)NC(=O)c2ccccc2)c1. The number of carbonyl (C=O) groups excluding carboxylic acids is 3. The Hall–Kier alpha value is -5.05. The van der Waals surface area contributed by atoms with Crippen molar-refractivity contribution in [1.29, 1.82) is 0 Å². The summed E-state index contributed by atoms with van der Waals surface area (Å²) < 4.78 is 5.29. The predicted octanol–water partition coefficient (Wildman–Crippen LogP) is 7.64. The fourth-order valence-electron chi connectivity index (χ4n) is 4.45. The molecule has 220 valence electrons. The van der Waals surface area contributed by atoms with E-state index in [-0.39, 0.29) is 17.4 Å². The van der Waals surface area contributed by atoms with Crippen molar-refractivity contribution in [3.8, 4) is 5.75 Å². The Balaban J connectivity index is 1.32. The molecule has 0 unspecified atom stereocenters. The van der Waals surface area contributed by atoms with Crippen molar-refractivity contribution in [1.82, 2.24) is 5.32 Å². The van der Waals surface area contributed by atoms with Crippen LogP contribution < -0.4 is 20.7 Å². The van der Waals surface area contributed by atoms with E-state index in [1.165, 1.54) is 18.9 Å². The van der Waals surface area contributed by atoms with E-state index < -0.39 is 11.8 Å². The zero-order chi connectivity index (χ0) is 30.9. The number of fused-ring (bicyclic) bond motifs is 1. The summed E-state index contributed by atoms with van der Waals surface area (Å²) in [5, 5.41) is 10.9. The number of rotatable bonds is 10. The minimum absolute atomic E-state index is 0.0862. The van der Waals surface area contributed by atoms with Crippen molar-refractivity contribution in [3.05, 3.63) is 137 Å². The van der Waals surface area contributed by atoms with Crippen LogP contribution in [-0.2, 0) is 9.59 Å². The van der Waals surface area contributed by atoms with Gasteiger partial charge in [-0.15, -0.1) is 11.8 Å². The number of thioether (sulfide) groups is 1. The van der Waals surface area contributed by atoms with Gasteiger partial charge in [-0.25, -0.2) is 0 Å². The second-order valence-electron chi connectivity index (χ2n) is 9.61. The zero-order valence-electron chi connectivity index (χ0n) is 23.7. The largest absolute Gasteiger partial charge is 0.495 e. The Morgan fingerprint density at radius 1 is 0.818 bits per heavy atom. The minimum Gasteiger partial charge on any atom is -0.495 e. The highest BCUT2D eigenvalue weighted by molar-refractivity contribution is 8.00. The molecule has 0 heterocycles. The summed E-state index contributed by atoms with van der Waals surface area (Å²) in [6, 6.07) is 34.5. The van der Waals surface area contributed by atoms with Gasteiger partial charge in [0.25, 0.3) is 11.8 Å². The topological polar surface area (TPSA) is 96.5 Å². The quantitative estimate of drug-likeness (QED) is 0.110. The number of carbonyl (C=O) groups is 3. The zero-order valence-corrected chi connectivity index (χ0v) is 25.2. The molecule has 3 N–H and O–H groups in total. The number of anilines is 2. The van der Waals surface area contributed by atoms with Gasteiger partial charge in [-0.1, -0.05) is 78.3 Å². The molecule has 5 aromatic rings. The van der Waals surface area contributed by atoms with Crippen LogP contribution in [0.4, 0.5) is 11.4 Å². The van der Waals surface area contributed by atoms with Gasteiger partial charge in [-0.05, 0) is 70.9 Å². The van der Waals surface area contributed by atoms with Crippen molar-refractivity contribution < 1.29 is 19.1 Å². The molecule has 0 radical (unpaired) electrons. The standard InChI is InChI=1S/C35H28ClN3O4S/c1-43-32-18-17-26(36)20-30(32)38-33(40)22-44-28-15-8-14-27(21-28)37-35(42)31(39-34(41)24-10-3-2-4-11-24)19-25-13-7-12-23-9-5-6-16-29(23)25/h2-21H,22H2,1H3,(H,37,42)(H,38,40)(H,39,41)/b31-19+. The van der Waals surface area contributed by atoms with Gasteiger partial charge >= 0.3 is 0 Å². The third-order valence-corrected chi connectivity index (χ3v) is 7.78. The number of hydrogen-bond acceptors (Lipinski definition) is 5. The van der Waals surface area contributed by atoms with E-state index in [2.05, 4.69) is 16.0 Å². The van der Waals surface area contributed by atoms with Gasteiger partial charge in [0.15, 0.2) is 0 Å². The third kappa shape index (κ3) is 7.86. The summed E-state index contributed by atoms with van der Waals surface area (Å²) in [4.78, 5) is 40.1. The first-order chi connectivity index (χ1) is 21.4. The van der Waals surface area contributed by atoms with Crippen molar-refractivity contribution in [2.24, 2.45) is 0 Å². The average Bonchev–Trinajstić information content (AvgIpc) is 3.04. The highest BCUT2D eigenvalue weighted by atomic mass is 35.5. The molecule has 5 aromatic carbocycles. The molecule has 0 aliphatic heterocycles. The van der Waals surface area contributed by atoms with Crippen molar-refractivity contribution in [2.45, 2.75) is 4.90 Å². The molecule has 0 fully saturated rings. The molecule has 0 saturated heterocycles. The average molecular weight is 622 g/mol. The lowest BCUT2D eigenvalue weighted by atomic mass is 10.0. The minimum atomic E-state index is -0.491. The van der Waals surface area contributed by atoms with Crippen molar-refractivity contribution in [3.63, 3.8) is 0 Å². The predicted molar refractivity (Wildman–Crippen MR) is 178 cm³/mol. The van der Waals surface area contributed by atoms with E-state index in [0.717, 1.165) is 21.2 Å². The maximum atomic E-state index is 13.6. The van der Waals surface area contributed by atoms with E-state index in [1.54, 1.807) is 66.7 Å². The Bertz CT molecular complexity index is 1850. The number of nitrogens with one attached hydrogen (secondary N) is 3. The molecule has 3 amide bonds. The van der Waals surface area contributed by atoms with Crippen molar-refractivity contribution in [2.75, 3.05) is 23.5 Å². The van der Waals surface area contributed by atoms with Gasteiger partial charge in [0, 0.05) is 21.2 Å². The summed E-state index contributed by atoms with van der Waals surface area (Å²) in [6.45, 7) is 0. The Morgan fingerprint density at radius 3 is 2.39 bits per heavy atom. The lowest BCUT2D eigenvalue weighted by Gasteiger charge is -2.13. The van der Waals surface area contributed by atoms with Crippen LogP contribution in [0.15, 0.2) is 126 Å². The number of halogens is 1. The first-order valence-electron chi connectivity index (χ1n) is 13.6. The van der Waals surface area contributed by atoms with Gasteiger partial charge in [0.2, 0.25) is 5.91 Å². The molecule has 0 bridgehead atoms. The van der Waals surface area contributed by atoms with Crippen LogP contribution >= 0.6 is 23.4 Å². The molecule has 0 aliphatic rings. The number of hydrogen-bond donors (Lipinski definition) is 3. The van der Waals surface area contributed by atoms with Gasteiger partial charge in [0.05, 0.1) is 18.6 Å². The summed E-state index contributed by atoms with van der Waals surface area (Å²) in [5.74, 6) is -0.515. The van der Waals surface area contributed by atoms with Crippen LogP contribution in [-0.4, -0.2) is 30.6 Å². The van der Waals surface area contributed by atoms with Crippen molar-refractivity contribution >= 4 is 69.3 Å². The Morgan fingerprint density at radius 2 is 1.57 bits per heavy atom. The number of benzene rings is 5. The van der Waals surface area contributed by atoms with Crippen LogP contribution in [0.1, 0.15) is 15.9 Å². The lowest BCUT2D eigenvalue weighted by Crippen LogP contribution is -2.30. The first kappa shape index (κ1) is 30.4. The molecule has 0 atom stereocenters. The van der Waals surface area contributed by atoms with E-state index in [1.807, 2.05) is 54.6 Å². The van der Waals surface area contributed by atoms with Gasteiger partial charge < -0.3 is 20.7 Å². The fourth-order valence-corrected chi connectivity index (χ4v) is 5.38. The number of amides is 3. The van der Waals surface area contributed by atoms with Crippen LogP contribution in [0, 0.1) is 0 Å². The number of ether oxygens (including phenoxy) is 1. The highest BCUT2D eigenvalue weighted by Crippen LogP contribution is 2.29. The van der Waals surface area contributed by atoms with E-state index in [9.17, 15) is 14.4 Å². The Labute approximate surface area is 264 Å². The molecule has 7 nitrogen and oxygen atoms in total. The van der Waals surface area contributed by atoms with E-state index >= 15 is 0 Å². The molecular weight excluding hydrogens is 594 g/mol. The van der Waals surface area contributed by atoms with Crippen LogP contribution in [0.2, 0.25) is 5.02 Å².